The summed E-state index contributed by atoms with van der Waals surface area (Å²) in [4.78, 5) is 14.0. The molecule has 0 unspecified atom stereocenters. The number of hydrogen-bond donors (Lipinski definition) is 1. The summed E-state index contributed by atoms with van der Waals surface area (Å²) in [6, 6.07) is 6.06. The normalized spacial score (nSPS) is 14.8. The summed E-state index contributed by atoms with van der Waals surface area (Å²) < 4.78 is 1.99. The molecule has 0 aliphatic carbocycles. The van der Waals surface area contributed by atoms with Crippen LogP contribution in [-0.4, -0.2) is 63.3 Å². The monoisotopic (exact) mass is 498 g/mol. The number of hydrogen-bond acceptors (Lipinski definition) is 5. The van der Waals surface area contributed by atoms with Crippen molar-refractivity contribution in [2.45, 2.75) is 33.2 Å². The van der Waals surface area contributed by atoms with Gasteiger partial charge >= 0.3 is 0 Å². The molecule has 0 spiro atoms. The van der Waals surface area contributed by atoms with E-state index in [0.717, 1.165) is 69.0 Å². The van der Waals surface area contributed by atoms with Gasteiger partial charge in [-0.1, -0.05) is 19.4 Å². The Bertz CT molecular complexity index is 738. The second kappa shape index (κ2) is 11.2. The fourth-order valence-electron chi connectivity index (χ4n) is 3.07. The molecule has 1 N–H and O–H groups in total. The first-order valence-corrected chi connectivity index (χ1v) is 9.73. The Morgan fingerprint density at radius 3 is 2.57 bits per heavy atom. The van der Waals surface area contributed by atoms with Gasteiger partial charge in [0, 0.05) is 46.0 Å². The van der Waals surface area contributed by atoms with Crippen LogP contribution in [0.25, 0.3) is 0 Å². The Balaban J connectivity index is 0.00000280. The molecule has 1 saturated heterocycles. The third kappa shape index (κ3) is 5.79. The molecule has 3 rings (SSSR count). The lowest BCUT2D eigenvalue weighted by atomic mass is 10.3. The molecule has 0 amide bonds. The lowest BCUT2D eigenvalue weighted by Crippen LogP contribution is -2.53. The van der Waals surface area contributed by atoms with E-state index in [1.54, 1.807) is 0 Å². The second-order valence-corrected chi connectivity index (χ2v) is 6.80. The smallest absolute Gasteiger partial charge is 0.194 e. The summed E-state index contributed by atoms with van der Waals surface area (Å²) >= 11 is 0. The molecule has 8 nitrogen and oxygen atoms in total. The van der Waals surface area contributed by atoms with Gasteiger partial charge in [-0.15, -0.1) is 34.2 Å². The molecule has 0 radical (unpaired) electrons. The van der Waals surface area contributed by atoms with Crippen LogP contribution >= 0.6 is 24.0 Å². The minimum absolute atomic E-state index is 0. The van der Waals surface area contributed by atoms with Gasteiger partial charge in [-0.05, 0) is 25.5 Å². The number of aryl methyl sites for hydroxylation is 1. The summed E-state index contributed by atoms with van der Waals surface area (Å²) in [5.41, 5.74) is 0. The average Bonchev–Trinajstić information content (AvgIpc) is 3.03. The number of nitrogens with zero attached hydrogens (tertiary/aromatic N) is 7. The zero-order valence-corrected chi connectivity index (χ0v) is 19.3. The molecule has 1 aliphatic rings. The van der Waals surface area contributed by atoms with Crippen LogP contribution < -0.4 is 10.2 Å². The number of halogens is 1. The number of pyridine rings is 1. The molecule has 2 aromatic heterocycles. The standard InChI is InChI=1S/C19H30N8.HI/c1-4-5-9-21-19(22-15-18-24-23-16(2)25(18)3)27-13-11-26(12-14-27)17-8-6-7-10-20-17;/h6-8,10H,4-5,9,11-15H2,1-3H3,(H,21,22);1H. The van der Waals surface area contributed by atoms with Crippen molar-refractivity contribution in [1.82, 2.24) is 30.0 Å². The third-order valence-electron chi connectivity index (χ3n) is 4.92. The summed E-state index contributed by atoms with van der Waals surface area (Å²) in [6.45, 7) is 9.35. The van der Waals surface area contributed by atoms with E-state index in [0.29, 0.717) is 6.54 Å². The van der Waals surface area contributed by atoms with Crippen molar-refractivity contribution in [3.05, 3.63) is 36.0 Å². The zero-order chi connectivity index (χ0) is 19.1. The van der Waals surface area contributed by atoms with Crippen molar-refractivity contribution in [1.29, 1.82) is 0 Å². The summed E-state index contributed by atoms with van der Waals surface area (Å²) in [5, 5.41) is 11.9. The topological polar surface area (TPSA) is 74.5 Å². The highest BCUT2D eigenvalue weighted by Gasteiger charge is 2.20. The predicted octanol–water partition coefficient (Wildman–Crippen LogP) is 2.20. The molecule has 3 heterocycles. The minimum Gasteiger partial charge on any atom is -0.356 e. The quantitative estimate of drug-likeness (QED) is 0.285. The van der Waals surface area contributed by atoms with Crippen molar-refractivity contribution in [3.8, 4) is 0 Å². The Labute approximate surface area is 184 Å². The minimum atomic E-state index is 0. The van der Waals surface area contributed by atoms with Crippen molar-refractivity contribution < 1.29 is 0 Å². The van der Waals surface area contributed by atoms with Gasteiger partial charge in [0.05, 0.1) is 0 Å². The molecule has 1 fully saturated rings. The summed E-state index contributed by atoms with van der Waals surface area (Å²) in [6.07, 6.45) is 4.15. The molecule has 0 atom stereocenters. The van der Waals surface area contributed by atoms with Crippen LogP contribution in [0.4, 0.5) is 5.82 Å². The maximum Gasteiger partial charge on any atom is 0.194 e. The Morgan fingerprint density at radius 2 is 1.96 bits per heavy atom. The van der Waals surface area contributed by atoms with E-state index in [2.05, 4.69) is 43.3 Å². The predicted molar refractivity (Wildman–Crippen MR) is 123 cm³/mol. The van der Waals surface area contributed by atoms with Gasteiger partial charge in [0.15, 0.2) is 11.8 Å². The van der Waals surface area contributed by atoms with Crippen molar-refractivity contribution in [3.63, 3.8) is 0 Å². The largest absolute Gasteiger partial charge is 0.356 e. The molecule has 2 aromatic rings. The number of piperazine rings is 1. The second-order valence-electron chi connectivity index (χ2n) is 6.80. The van der Waals surface area contributed by atoms with E-state index in [9.17, 15) is 0 Å². The maximum absolute atomic E-state index is 4.84. The molecule has 28 heavy (non-hydrogen) atoms. The highest BCUT2D eigenvalue weighted by atomic mass is 127. The number of guanidine groups is 1. The third-order valence-corrected chi connectivity index (χ3v) is 4.92. The SMILES string of the molecule is CCCCNC(=NCc1nnc(C)n1C)N1CCN(c2ccccn2)CC1.I. The maximum atomic E-state index is 4.84. The average molecular weight is 498 g/mol. The van der Waals surface area contributed by atoms with Crippen LogP contribution in [0.1, 0.15) is 31.4 Å². The van der Waals surface area contributed by atoms with Gasteiger partial charge in [-0.3, -0.25) is 0 Å². The lowest BCUT2D eigenvalue weighted by Gasteiger charge is -2.37. The van der Waals surface area contributed by atoms with E-state index in [1.165, 1.54) is 0 Å². The van der Waals surface area contributed by atoms with Crippen LogP contribution in [0.5, 0.6) is 0 Å². The molecule has 0 saturated carbocycles. The van der Waals surface area contributed by atoms with Crippen molar-refractivity contribution in [2.75, 3.05) is 37.6 Å². The highest BCUT2D eigenvalue weighted by Crippen LogP contribution is 2.13. The molecular formula is C19H31IN8. The van der Waals surface area contributed by atoms with Crippen LogP contribution in [0.2, 0.25) is 0 Å². The zero-order valence-electron chi connectivity index (χ0n) is 17.0. The van der Waals surface area contributed by atoms with Crippen molar-refractivity contribution in [2.24, 2.45) is 12.0 Å². The highest BCUT2D eigenvalue weighted by molar-refractivity contribution is 14.0. The van der Waals surface area contributed by atoms with E-state index in [4.69, 9.17) is 4.99 Å². The van der Waals surface area contributed by atoms with Gasteiger partial charge in [-0.25, -0.2) is 9.98 Å². The number of anilines is 1. The molecule has 0 aromatic carbocycles. The van der Waals surface area contributed by atoms with Crippen LogP contribution in [-0.2, 0) is 13.6 Å². The van der Waals surface area contributed by atoms with Gasteiger partial charge in [0.1, 0.15) is 18.2 Å². The number of aliphatic imine (C=N–C) groups is 1. The Hall–Kier alpha value is -1.91. The van der Waals surface area contributed by atoms with E-state index >= 15 is 0 Å². The first-order valence-electron chi connectivity index (χ1n) is 9.73. The molecule has 1 aliphatic heterocycles. The summed E-state index contributed by atoms with van der Waals surface area (Å²) in [5.74, 6) is 3.80. The number of rotatable bonds is 6. The van der Waals surface area contributed by atoms with Crippen LogP contribution in [0.15, 0.2) is 29.4 Å². The molecule has 9 heteroatoms. The first-order chi connectivity index (χ1) is 13.2. The van der Waals surface area contributed by atoms with Gasteiger partial charge in [0.2, 0.25) is 0 Å². The number of nitrogens with one attached hydrogen (secondary N) is 1. The molecular weight excluding hydrogens is 467 g/mol. The van der Waals surface area contributed by atoms with E-state index in [1.807, 2.05) is 36.9 Å². The number of aromatic nitrogens is 4. The fraction of sp³-hybridized carbons (Fsp3) is 0.579. The molecule has 0 bridgehead atoms. The Kier molecular flexibility index (Phi) is 8.94. The fourth-order valence-corrected chi connectivity index (χ4v) is 3.07. The van der Waals surface area contributed by atoms with Gasteiger partial charge < -0.3 is 19.7 Å². The summed E-state index contributed by atoms with van der Waals surface area (Å²) in [7, 11) is 1.98. The van der Waals surface area contributed by atoms with E-state index < -0.39 is 0 Å². The van der Waals surface area contributed by atoms with Crippen LogP contribution in [0, 0.1) is 6.92 Å². The van der Waals surface area contributed by atoms with Crippen LogP contribution in [0.3, 0.4) is 0 Å². The Morgan fingerprint density at radius 1 is 1.18 bits per heavy atom. The van der Waals surface area contributed by atoms with Gasteiger partial charge in [-0.2, -0.15) is 0 Å². The molecule has 154 valence electrons. The van der Waals surface area contributed by atoms with E-state index in [-0.39, 0.29) is 24.0 Å². The van der Waals surface area contributed by atoms with Crippen molar-refractivity contribution >= 4 is 35.8 Å². The first kappa shape index (κ1) is 22.4. The van der Waals surface area contributed by atoms with Gasteiger partial charge in [0.25, 0.3) is 0 Å². The lowest BCUT2D eigenvalue weighted by molar-refractivity contribution is 0.370. The number of unbranched alkanes of at least 4 members (excludes halogenated alkanes) is 1.